The van der Waals surface area contributed by atoms with E-state index in [1.807, 2.05) is 23.9 Å². The molecule has 0 radical (unpaired) electrons. The Morgan fingerprint density at radius 2 is 1.50 bits per heavy atom. The number of nitrogens with one attached hydrogen (secondary N) is 1. The third-order valence-corrected chi connectivity index (χ3v) is 6.05. The molecule has 1 aliphatic rings. The molecule has 4 rings (SSSR count). The molecule has 1 aliphatic heterocycles. The lowest BCUT2D eigenvalue weighted by Crippen LogP contribution is -1.99. The second-order valence-corrected chi connectivity index (χ2v) is 8.81. The zero-order valence-corrected chi connectivity index (χ0v) is 20.0. The molecule has 160 valence electrons. The van der Waals surface area contributed by atoms with Gasteiger partial charge in [-0.2, -0.15) is 0 Å². The van der Waals surface area contributed by atoms with Gasteiger partial charge in [-0.1, -0.05) is 76.2 Å². The van der Waals surface area contributed by atoms with E-state index in [9.17, 15) is 0 Å². The van der Waals surface area contributed by atoms with Crippen molar-refractivity contribution in [3.05, 3.63) is 77.9 Å². The van der Waals surface area contributed by atoms with Crippen LogP contribution in [0.1, 0.15) is 45.2 Å². The molecular formula is C27H35NOS. The van der Waals surface area contributed by atoms with Crippen LogP contribution in [0.5, 0.6) is 5.75 Å². The van der Waals surface area contributed by atoms with Crippen molar-refractivity contribution in [2.75, 3.05) is 12.4 Å². The summed E-state index contributed by atoms with van der Waals surface area (Å²) in [6.45, 7) is 10.9. The topological polar surface area (TPSA) is 21.3 Å². The Hall–Kier alpha value is -2.39. The maximum Gasteiger partial charge on any atom is 0.118 e. The highest BCUT2D eigenvalue weighted by Crippen LogP contribution is 2.43. The Labute approximate surface area is 187 Å². The molecule has 0 saturated heterocycles. The van der Waals surface area contributed by atoms with Gasteiger partial charge in [0, 0.05) is 9.79 Å². The second-order valence-electron chi connectivity index (χ2n) is 7.73. The first-order valence-corrected chi connectivity index (χ1v) is 11.6. The van der Waals surface area contributed by atoms with E-state index < -0.39 is 0 Å². The summed E-state index contributed by atoms with van der Waals surface area (Å²) in [6.07, 6.45) is 2.39. The molecule has 3 heteroatoms. The van der Waals surface area contributed by atoms with Crippen molar-refractivity contribution in [1.29, 1.82) is 0 Å². The second kappa shape index (κ2) is 12.3. The number of aryl methyl sites for hydroxylation is 2. The number of methoxy groups -OCH3 is 1. The first-order valence-electron chi connectivity index (χ1n) is 10.7. The molecule has 1 N–H and O–H groups in total. The maximum absolute atomic E-state index is 5.01. The molecule has 0 aromatic heterocycles. The maximum atomic E-state index is 5.01. The average molecular weight is 422 g/mol. The van der Waals surface area contributed by atoms with Crippen LogP contribution >= 0.6 is 11.8 Å². The molecule has 0 aliphatic carbocycles. The van der Waals surface area contributed by atoms with Gasteiger partial charge in [0.1, 0.15) is 5.75 Å². The Kier molecular flexibility index (Phi) is 9.82. The van der Waals surface area contributed by atoms with Crippen LogP contribution in [-0.2, 0) is 6.42 Å². The summed E-state index contributed by atoms with van der Waals surface area (Å²) in [7, 11) is 1.68. The normalized spacial score (nSPS) is 11.0. The molecule has 0 spiro atoms. The monoisotopic (exact) mass is 421 g/mol. The van der Waals surface area contributed by atoms with E-state index in [0.717, 1.165) is 18.1 Å². The highest BCUT2D eigenvalue weighted by molar-refractivity contribution is 7.99. The van der Waals surface area contributed by atoms with Crippen LogP contribution in [0.15, 0.2) is 76.5 Å². The number of ether oxygens (including phenoxy) is 1. The fraction of sp³-hybridized carbons (Fsp3) is 0.333. The summed E-state index contributed by atoms with van der Waals surface area (Å²) in [6, 6.07) is 23.1. The molecule has 0 saturated carbocycles. The minimum absolute atomic E-state index is 0.884. The van der Waals surface area contributed by atoms with Crippen LogP contribution in [0.25, 0.3) is 0 Å². The number of para-hydroxylation sites is 1. The molecule has 30 heavy (non-hydrogen) atoms. The molecule has 2 nitrogen and oxygen atoms in total. The molecule has 3 aromatic rings. The number of hydrogen-bond acceptors (Lipinski definition) is 3. The van der Waals surface area contributed by atoms with E-state index in [-0.39, 0.29) is 0 Å². The SMILES string of the molecule is CCC(C)C.CCc1ccc(OC)cc1.Cc1ccc2c(c1)Nc1ccccc1S2. The lowest BCUT2D eigenvalue weighted by atomic mass is 10.2. The van der Waals surface area contributed by atoms with E-state index in [1.54, 1.807) is 7.11 Å². The van der Waals surface area contributed by atoms with Crippen molar-refractivity contribution in [3.8, 4) is 5.75 Å². The summed E-state index contributed by atoms with van der Waals surface area (Å²) < 4.78 is 5.01. The van der Waals surface area contributed by atoms with Gasteiger partial charge in [0.15, 0.2) is 0 Å². The molecule has 0 atom stereocenters. The van der Waals surface area contributed by atoms with Gasteiger partial charge in [0.2, 0.25) is 0 Å². The highest BCUT2D eigenvalue weighted by Gasteiger charge is 2.14. The van der Waals surface area contributed by atoms with Gasteiger partial charge in [0.25, 0.3) is 0 Å². The van der Waals surface area contributed by atoms with Gasteiger partial charge in [-0.15, -0.1) is 0 Å². The van der Waals surface area contributed by atoms with Crippen molar-refractivity contribution in [2.24, 2.45) is 5.92 Å². The van der Waals surface area contributed by atoms with Gasteiger partial charge >= 0.3 is 0 Å². The van der Waals surface area contributed by atoms with E-state index in [0.29, 0.717) is 0 Å². The summed E-state index contributed by atoms with van der Waals surface area (Å²) in [5.74, 6) is 1.81. The van der Waals surface area contributed by atoms with Crippen molar-refractivity contribution in [1.82, 2.24) is 0 Å². The third-order valence-electron chi connectivity index (χ3n) is 4.90. The molecule has 0 bridgehead atoms. The van der Waals surface area contributed by atoms with Crippen molar-refractivity contribution < 1.29 is 4.74 Å². The number of rotatable bonds is 3. The minimum Gasteiger partial charge on any atom is -0.497 e. The Bertz CT molecular complexity index is 880. The zero-order chi connectivity index (χ0) is 21.9. The number of hydrogen-bond donors (Lipinski definition) is 1. The quantitative estimate of drug-likeness (QED) is 0.358. The molecule has 0 amide bonds. The largest absolute Gasteiger partial charge is 0.497 e. The Morgan fingerprint density at radius 1 is 0.867 bits per heavy atom. The van der Waals surface area contributed by atoms with Crippen LogP contribution in [0.2, 0.25) is 0 Å². The van der Waals surface area contributed by atoms with Crippen molar-refractivity contribution in [2.45, 2.75) is 57.3 Å². The molecule has 0 fully saturated rings. The molecular weight excluding hydrogens is 386 g/mol. The Balaban J connectivity index is 0.000000185. The predicted molar refractivity (Wildman–Crippen MR) is 133 cm³/mol. The van der Waals surface area contributed by atoms with E-state index in [2.05, 4.69) is 94.5 Å². The van der Waals surface area contributed by atoms with Crippen LogP contribution in [0.3, 0.4) is 0 Å². The van der Waals surface area contributed by atoms with Crippen LogP contribution in [0.4, 0.5) is 11.4 Å². The van der Waals surface area contributed by atoms with Gasteiger partial charge in [-0.3, -0.25) is 0 Å². The lowest BCUT2D eigenvalue weighted by molar-refractivity contribution is 0.414. The lowest BCUT2D eigenvalue weighted by Gasteiger charge is -2.20. The van der Waals surface area contributed by atoms with Gasteiger partial charge in [-0.25, -0.2) is 0 Å². The third kappa shape index (κ3) is 7.46. The van der Waals surface area contributed by atoms with Gasteiger partial charge in [-0.05, 0) is 66.8 Å². The molecule has 3 aromatic carbocycles. The first-order chi connectivity index (χ1) is 14.5. The van der Waals surface area contributed by atoms with E-state index in [1.165, 1.54) is 38.7 Å². The standard InChI is InChI=1S/C13H11NS.C9H12O.C5H12/c1-9-6-7-13-11(8-9)14-10-4-2-3-5-12(10)15-13;1-3-8-4-6-9(10-2)7-5-8;1-4-5(2)3/h2-8,14H,1H3;4-7H,3H2,1-2H3;5H,4H2,1-3H3. The smallest absolute Gasteiger partial charge is 0.118 e. The fourth-order valence-corrected chi connectivity index (χ4v) is 3.58. The van der Waals surface area contributed by atoms with Gasteiger partial charge in [0.05, 0.1) is 18.5 Å². The highest BCUT2D eigenvalue weighted by atomic mass is 32.2. The Morgan fingerprint density at radius 3 is 2.10 bits per heavy atom. The van der Waals surface area contributed by atoms with Gasteiger partial charge < -0.3 is 10.1 Å². The number of benzene rings is 3. The summed E-state index contributed by atoms with van der Waals surface area (Å²) in [5.41, 5.74) is 5.07. The summed E-state index contributed by atoms with van der Waals surface area (Å²) in [4.78, 5) is 2.60. The molecule has 1 heterocycles. The number of anilines is 2. The fourth-order valence-electron chi connectivity index (χ4n) is 2.61. The summed E-state index contributed by atoms with van der Waals surface area (Å²) >= 11 is 1.83. The molecule has 0 unspecified atom stereocenters. The van der Waals surface area contributed by atoms with Crippen molar-refractivity contribution in [3.63, 3.8) is 0 Å². The van der Waals surface area contributed by atoms with Crippen molar-refractivity contribution >= 4 is 23.1 Å². The average Bonchev–Trinajstić information content (AvgIpc) is 2.78. The van der Waals surface area contributed by atoms with Crippen LogP contribution in [-0.4, -0.2) is 7.11 Å². The van der Waals surface area contributed by atoms with Crippen LogP contribution < -0.4 is 10.1 Å². The van der Waals surface area contributed by atoms with Crippen LogP contribution in [0, 0.1) is 12.8 Å². The van der Waals surface area contributed by atoms with E-state index in [4.69, 9.17) is 4.74 Å². The summed E-state index contributed by atoms with van der Waals surface area (Å²) in [5, 5.41) is 3.46. The first kappa shape index (κ1) is 23.9. The van der Waals surface area contributed by atoms with E-state index >= 15 is 0 Å². The minimum atomic E-state index is 0.884. The number of fused-ring (bicyclic) bond motifs is 2. The zero-order valence-electron chi connectivity index (χ0n) is 19.2. The predicted octanol–water partition coefficient (Wildman–Crippen LogP) is 8.51.